The topological polar surface area (TPSA) is 88.7 Å². The lowest BCUT2D eigenvalue weighted by molar-refractivity contribution is -0.139. The van der Waals surface area contributed by atoms with E-state index in [0.717, 1.165) is 0 Å². The van der Waals surface area contributed by atoms with E-state index in [4.69, 9.17) is 0 Å². The highest BCUT2D eigenvalue weighted by molar-refractivity contribution is 7.90. The fourth-order valence-electron chi connectivity index (χ4n) is 2.84. The number of fused-ring (bicyclic) bond motifs is 1. The Balaban J connectivity index is 2.15. The van der Waals surface area contributed by atoms with Crippen LogP contribution in [0.5, 0.6) is 0 Å². The molecule has 0 fully saturated rings. The van der Waals surface area contributed by atoms with Crippen molar-refractivity contribution >= 4 is 21.3 Å². The van der Waals surface area contributed by atoms with Crippen molar-refractivity contribution in [2.45, 2.75) is 30.0 Å². The highest BCUT2D eigenvalue weighted by Gasteiger charge is 2.29. The molecule has 1 aromatic carbocycles. The molecule has 0 saturated carbocycles. The van der Waals surface area contributed by atoms with Gasteiger partial charge in [0.15, 0.2) is 5.03 Å². The molecule has 1 N–H and O–H groups in total. The van der Waals surface area contributed by atoms with Crippen LogP contribution < -0.4 is 0 Å². The lowest BCUT2D eigenvalue weighted by atomic mass is 10.1. The minimum absolute atomic E-state index is 0.0772. The third-order valence-corrected chi connectivity index (χ3v) is 5.66. The molecule has 6 nitrogen and oxygen atoms in total. The number of nitrogens with zero attached hydrogens (tertiary/aromatic N) is 2. The number of carboxylic acids is 1. The number of carbonyl (C=O) groups is 1. The van der Waals surface area contributed by atoms with Gasteiger partial charge in [0.1, 0.15) is 11.7 Å². The molecule has 3 aromatic rings. The zero-order chi connectivity index (χ0) is 18.0. The van der Waals surface area contributed by atoms with E-state index in [-0.39, 0.29) is 16.6 Å². The highest BCUT2D eigenvalue weighted by atomic mass is 32.2. The first-order chi connectivity index (χ1) is 11.9. The predicted octanol–water partition coefficient (Wildman–Crippen LogP) is 2.89. The Morgan fingerprint density at radius 1 is 1.16 bits per heavy atom. The monoisotopic (exact) mass is 358 g/mol. The summed E-state index contributed by atoms with van der Waals surface area (Å²) in [6.45, 7) is 1.74. The molecule has 3 rings (SSSR count). The molecule has 0 aliphatic heterocycles. The Morgan fingerprint density at radius 3 is 2.48 bits per heavy atom. The molecule has 130 valence electrons. The van der Waals surface area contributed by atoms with Crippen molar-refractivity contribution in [2.75, 3.05) is 0 Å². The first kappa shape index (κ1) is 17.2. The van der Waals surface area contributed by atoms with Crippen LogP contribution in [0.2, 0.25) is 0 Å². The average molecular weight is 358 g/mol. The SMILES string of the molecule is CCC(C(=O)O)c1nc(S(=O)(=O)Cc2ccccc2)c2ccccn12. The minimum atomic E-state index is -3.71. The van der Waals surface area contributed by atoms with Gasteiger partial charge in [-0.15, -0.1) is 0 Å². The Morgan fingerprint density at radius 2 is 1.84 bits per heavy atom. The van der Waals surface area contributed by atoms with E-state index < -0.39 is 21.7 Å². The zero-order valence-corrected chi connectivity index (χ0v) is 14.5. The normalized spacial score (nSPS) is 13.0. The minimum Gasteiger partial charge on any atom is -0.481 e. The number of aliphatic carboxylic acids is 1. The van der Waals surface area contributed by atoms with Gasteiger partial charge in [0.05, 0.1) is 11.3 Å². The highest BCUT2D eigenvalue weighted by Crippen LogP contribution is 2.27. The van der Waals surface area contributed by atoms with Crippen molar-refractivity contribution in [2.24, 2.45) is 0 Å². The van der Waals surface area contributed by atoms with Gasteiger partial charge in [-0.2, -0.15) is 0 Å². The molecule has 2 aromatic heterocycles. The van der Waals surface area contributed by atoms with Crippen molar-refractivity contribution in [3.05, 3.63) is 66.1 Å². The fourth-order valence-corrected chi connectivity index (χ4v) is 4.32. The summed E-state index contributed by atoms with van der Waals surface area (Å²) >= 11 is 0. The molecule has 0 aliphatic carbocycles. The van der Waals surface area contributed by atoms with E-state index in [0.29, 0.717) is 17.5 Å². The predicted molar refractivity (Wildman–Crippen MR) is 93.2 cm³/mol. The first-order valence-corrected chi connectivity index (χ1v) is 9.55. The first-order valence-electron chi connectivity index (χ1n) is 7.90. The summed E-state index contributed by atoms with van der Waals surface area (Å²) < 4.78 is 27.3. The molecule has 0 radical (unpaired) electrons. The van der Waals surface area contributed by atoms with Crippen LogP contribution in [-0.2, 0) is 20.4 Å². The molecular weight excluding hydrogens is 340 g/mol. The lowest BCUT2D eigenvalue weighted by Gasteiger charge is -2.07. The summed E-state index contributed by atoms with van der Waals surface area (Å²) in [6.07, 6.45) is 1.96. The summed E-state index contributed by atoms with van der Waals surface area (Å²) in [4.78, 5) is 15.8. The standard InChI is InChI=1S/C18H18N2O4S/c1-2-14(18(21)22)16-19-17(15-10-6-7-11-20(15)16)25(23,24)12-13-8-4-3-5-9-13/h3-11,14H,2,12H2,1H3,(H,21,22). The number of imidazole rings is 1. The van der Waals surface area contributed by atoms with E-state index >= 15 is 0 Å². The van der Waals surface area contributed by atoms with Gasteiger partial charge in [0, 0.05) is 6.20 Å². The van der Waals surface area contributed by atoms with Gasteiger partial charge < -0.3 is 9.51 Å². The van der Waals surface area contributed by atoms with Crippen molar-refractivity contribution < 1.29 is 18.3 Å². The summed E-state index contributed by atoms with van der Waals surface area (Å²) in [5, 5.41) is 9.35. The maximum absolute atomic E-state index is 12.9. The Labute approximate surface area is 145 Å². The Hall–Kier alpha value is -2.67. The van der Waals surface area contributed by atoms with E-state index in [1.165, 1.54) is 0 Å². The molecule has 0 bridgehead atoms. The molecule has 7 heteroatoms. The molecule has 2 heterocycles. The van der Waals surface area contributed by atoms with E-state index in [1.54, 1.807) is 60.0 Å². The third-order valence-electron chi connectivity index (χ3n) is 4.05. The van der Waals surface area contributed by atoms with Crippen molar-refractivity contribution in [3.8, 4) is 0 Å². The number of carboxylic acid groups (broad SMARTS) is 1. The second kappa shape index (κ2) is 6.68. The number of rotatable bonds is 6. The molecule has 1 unspecified atom stereocenters. The molecule has 25 heavy (non-hydrogen) atoms. The van der Waals surface area contributed by atoms with Crippen LogP contribution >= 0.6 is 0 Å². The smallest absolute Gasteiger partial charge is 0.314 e. The zero-order valence-electron chi connectivity index (χ0n) is 13.7. The number of hydrogen-bond acceptors (Lipinski definition) is 4. The van der Waals surface area contributed by atoms with Gasteiger partial charge >= 0.3 is 5.97 Å². The summed E-state index contributed by atoms with van der Waals surface area (Å²) in [6, 6.07) is 13.9. The molecule has 1 atom stereocenters. The van der Waals surface area contributed by atoms with Crippen LogP contribution in [0.3, 0.4) is 0 Å². The molecule has 0 amide bonds. The van der Waals surface area contributed by atoms with Crippen LogP contribution in [0.4, 0.5) is 0 Å². The average Bonchev–Trinajstić information content (AvgIpc) is 2.96. The van der Waals surface area contributed by atoms with E-state index in [1.807, 2.05) is 6.07 Å². The number of benzene rings is 1. The van der Waals surface area contributed by atoms with Crippen LogP contribution in [0.25, 0.3) is 5.52 Å². The summed E-state index contributed by atoms with van der Waals surface area (Å²) in [7, 11) is -3.71. The molecule has 0 aliphatic rings. The van der Waals surface area contributed by atoms with Gasteiger partial charge in [-0.1, -0.05) is 43.3 Å². The fraction of sp³-hybridized carbons (Fsp3) is 0.222. The second-order valence-corrected chi connectivity index (χ2v) is 7.68. The van der Waals surface area contributed by atoms with E-state index in [2.05, 4.69) is 4.98 Å². The Bertz CT molecular complexity index is 1010. The molecular formula is C18H18N2O4S. The largest absolute Gasteiger partial charge is 0.481 e. The number of sulfone groups is 1. The quantitative estimate of drug-likeness (QED) is 0.732. The summed E-state index contributed by atoms with van der Waals surface area (Å²) in [5.74, 6) is -1.84. The van der Waals surface area contributed by atoms with Gasteiger partial charge in [-0.05, 0) is 24.1 Å². The van der Waals surface area contributed by atoms with Crippen molar-refractivity contribution in [1.29, 1.82) is 0 Å². The van der Waals surface area contributed by atoms with Crippen LogP contribution in [0.1, 0.15) is 30.7 Å². The summed E-state index contributed by atoms with van der Waals surface area (Å²) in [5.41, 5.74) is 1.06. The van der Waals surface area contributed by atoms with Gasteiger partial charge in [-0.25, -0.2) is 13.4 Å². The van der Waals surface area contributed by atoms with Crippen molar-refractivity contribution in [1.82, 2.24) is 9.38 Å². The maximum Gasteiger partial charge on any atom is 0.314 e. The molecule has 0 spiro atoms. The third kappa shape index (κ3) is 3.28. The van der Waals surface area contributed by atoms with Gasteiger partial charge in [0.2, 0.25) is 9.84 Å². The second-order valence-electron chi connectivity index (χ2n) is 5.77. The molecule has 0 saturated heterocycles. The van der Waals surface area contributed by atoms with Crippen LogP contribution in [-0.4, -0.2) is 28.9 Å². The number of hydrogen-bond donors (Lipinski definition) is 1. The lowest BCUT2D eigenvalue weighted by Crippen LogP contribution is -2.14. The number of aromatic nitrogens is 2. The Kier molecular flexibility index (Phi) is 4.59. The maximum atomic E-state index is 12.9. The number of pyridine rings is 1. The van der Waals surface area contributed by atoms with E-state index in [9.17, 15) is 18.3 Å². The van der Waals surface area contributed by atoms with Crippen LogP contribution in [0, 0.1) is 0 Å². The van der Waals surface area contributed by atoms with Gasteiger partial charge in [-0.3, -0.25) is 4.79 Å². The van der Waals surface area contributed by atoms with Gasteiger partial charge in [0.25, 0.3) is 0 Å². The van der Waals surface area contributed by atoms with Crippen LogP contribution in [0.15, 0.2) is 59.8 Å². The van der Waals surface area contributed by atoms with Crippen molar-refractivity contribution in [3.63, 3.8) is 0 Å².